The number of amides is 1. The van der Waals surface area contributed by atoms with Gasteiger partial charge in [-0.3, -0.25) is 14.0 Å². The zero-order valence-electron chi connectivity index (χ0n) is 8.67. The molecule has 6 heteroatoms. The fourth-order valence-electron chi connectivity index (χ4n) is 1.33. The topological polar surface area (TPSA) is 76.4 Å². The summed E-state index contributed by atoms with van der Waals surface area (Å²) in [6, 6.07) is 3.40. The molecule has 0 bridgehead atoms. The van der Waals surface area contributed by atoms with Gasteiger partial charge in [-0.05, 0) is 13.0 Å². The average Bonchev–Trinajstić information content (AvgIpc) is 2.63. The van der Waals surface area contributed by atoms with Crippen LogP contribution in [-0.4, -0.2) is 26.3 Å². The number of hydrogen-bond donors (Lipinski definition) is 1. The van der Waals surface area contributed by atoms with Gasteiger partial charge >= 0.3 is 0 Å². The molecule has 2 rings (SSSR count). The number of aromatic nitrogens is 3. The molecular formula is C10H10N4O2. The van der Waals surface area contributed by atoms with Crippen LogP contribution < -0.4 is 5.32 Å². The Morgan fingerprint density at radius 3 is 3.06 bits per heavy atom. The maximum atomic E-state index is 11.3. The first-order chi connectivity index (χ1) is 7.65. The highest BCUT2D eigenvalue weighted by Gasteiger charge is 2.06. The summed E-state index contributed by atoms with van der Waals surface area (Å²) in [5.74, 6) is -0.488. The molecule has 6 nitrogen and oxygen atoms in total. The molecule has 0 atom stereocenters. The Labute approximate surface area is 91.3 Å². The van der Waals surface area contributed by atoms with Gasteiger partial charge in [0.15, 0.2) is 5.65 Å². The van der Waals surface area contributed by atoms with Gasteiger partial charge in [-0.2, -0.15) is 0 Å². The van der Waals surface area contributed by atoms with Gasteiger partial charge in [-0.15, -0.1) is 10.2 Å². The smallest absolute Gasteiger partial charge is 0.231 e. The number of anilines is 1. The summed E-state index contributed by atoms with van der Waals surface area (Å²) in [4.78, 5) is 22.1. The van der Waals surface area contributed by atoms with E-state index in [2.05, 4.69) is 15.5 Å². The van der Waals surface area contributed by atoms with Crippen LogP contribution in [0, 0.1) is 0 Å². The highest BCUT2D eigenvalue weighted by atomic mass is 16.2. The number of Topliss-reactive ketones (excluding diaryl/α,β-unsaturated/α-hetero) is 1. The van der Waals surface area contributed by atoms with Crippen molar-refractivity contribution in [3.63, 3.8) is 0 Å². The minimum absolute atomic E-state index is 0.113. The molecule has 0 saturated carbocycles. The van der Waals surface area contributed by atoms with Crippen LogP contribution in [0.3, 0.4) is 0 Å². The molecule has 2 heterocycles. The van der Waals surface area contributed by atoms with Crippen molar-refractivity contribution in [2.24, 2.45) is 0 Å². The van der Waals surface area contributed by atoms with Crippen molar-refractivity contribution in [3.05, 3.63) is 24.7 Å². The molecule has 0 saturated heterocycles. The lowest BCUT2D eigenvalue weighted by atomic mass is 10.3. The van der Waals surface area contributed by atoms with E-state index in [1.54, 1.807) is 29.1 Å². The number of nitrogens with zero attached hydrogens (tertiary/aromatic N) is 3. The molecule has 2 aromatic heterocycles. The lowest BCUT2D eigenvalue weighted by Gasteiger charge is -2.03. The molecule has 1 amide bonds. The molecule has 16 heavy (non-hydrogen) atoms. The highest BCUT2D eigenvalue weighted by Crippen LogP contribution is 2.09. The summed E-state index contributed by atoms with van der Waals surface area (Å²) < 4.78 is 1.72. The number of nitrogens with one attached hydrogen (secondary N) is 1. The molecule has 82 valence electrons. The number of carbonyl (C=O) groups excluding carboxylic acids is 2. The predicted molar refractivity (Wildman–Crippen MR) is 56.9 cm³/mol. The number of ketones is 1. The standard InChI is InChI=1S/C10H10N4O2/c1-7(15)4-10(16)12-8-2-3-14-6-11-13-9(14)5-8/h2-3,5-6H,4H2,1H3,(H,12,16). The van der Waals surface area contributed by atoms with Crippen molar-refractivity contribution in [1.82, 2.24) is 14.6 Å². The Bertz CT molecular complexity index is 546. The lowest BCUT2D eigenvalue weighted by Crippen LogP contribution is -2.14. The van der Waals surface area contributed by atoms with Gasteiger partial charge in [0.1, 0.15) is 12.1 Å². The van der Waals surface area contributed by atoms with E-state index < -0.39 is 0 Å². The molecule has 0 aliphatic heterocycles. The number of fused-ring (bicyclic) bond motifs is 1. The molecular weight excluding hydrogens is 208 g/mol. The van der Waals surface area contributed by atoms with Crippen molar-refractivity contribution in [1.29, 1.82) is 0 Å². The monoisotopic (exact) mass is 218 g/mol. The minimum atomic E-state index is -0.323. The third-order valence-electron chi connectivity index (χ3n) is 1.99. The normalized spacial score (nSPS) is 10.3. The van der Waals surface area contributed by atoms with E-state index in [4.69, 9.17) is 0 Å². The number of rotatable bonds is 3. The fraction of sp³-hybridized carbons (Fsp3) is 0.200. The van der Waals surface area contributed by atoms with E-state index >= 15 is 0 Å². The van der Waals surface area contributed by atoms with E-state index in [0.717, 1.165) is 0 Å². The van der Waals surface area contributed by atoms with Crippen LogP contribution in [0.1, 0.15) is 13.3 Å². The second-order valence-corrected chi connectivity index (χ2v) is 3.44. The van der Waals surface area contributed by atoms with Gasteiger partial charge in [-0.1, -0.05) is 0 Å². The Morgan fingerprint density at radius 1 is 1.50 bits per heavy atom. The zero-order chi connectivity index (χ0) is 11.5. The summed E-state index contributed by atoms with van der Waals surface area (Å²) in [5.41, 5.74) is 1.24. The van der Waals surface area contributed by atoms with Crippen LogP contribution in [0.5, 0.6) is 0 Å². The Kier molecular flexibility index (Phi) is 2.63. The quantitative estimate of drug-likeness (QED) is 0.767. The molecule has 2 aromatic rings. The third kappa shape index (κ3) is 2.22. The van der Waals surface area contributed by atoms with E-state index in [1.807, 2.05) is 0 Å². The van der Waals surface area contributed by atoms with Crippen molar-refractivity contribution < 1.29 is 9.59 Å². The van der Waals surface area contributed by atoms with Gasteiger partial charge < -0.3 is 5.32 Å². The van der Waals surface area contributed by atoms with Crippen LogP contribution in [-0.2, 0) is 9.59 Å². The minimum Gasteiger partial charge on any atom is -0.326 e. The number of pyridine rings is 1. The highest BCUT2D eigenvalue weighted by molar-refractivity contribution is 6.03. The van der Waals surface area contributed by atoms with Crippen molar-refractivity contribution >= 4 is 23.0 Å². The van der Waals surface area contributed by atoms with Crippen LogP contribution in [0.4, 0.5) is 5.69 Å². The molecule has 0 aromatic carbocycles. The van der Waals surface area contributed by atoms with E-state index in [1.165, 1.54) is 6.92 Å². The van der Waals surface area contributed by atoms with E-state index in [0.29, 0.717) is 11.3 Å². The van der Waals surface area contributed by atoms with E-state index in [9.17, 15) is 9.59 Å². The third-order valence-corrected chi connectivity index (χ3v) is 1.99. The van der Waals surface area contributed by atoms with Crippen molar-refractivity contribution in [2.45, 2.75) is 13.3 Å². The molecule has 0 radical (unpaired) electrons. The van der Waals surface area contributed by atoms with Gasteiger partial charge in [0.05, 0.1) is 6.42 Å². The predicted octanol–water partition coefficient (Wildman–Crippen LogP) is 0.647. The molecule has 1 N–H and O–H groups in total. The first kappa shape index (κ1) is 10.3. The first-order valence-corrected chi connectivity index (χ1v) is 4.74. The van der Waals surface area contributed by atoms with Crippen LogP contribution in [0.25, 0.3) is 5.65 Å². The van der Waals surface area contributed by atoms with Gasteiger partial charge in [0, 0.05) is 18.0 Å². The zero-order valence-corrected chi connectivity index (χ0v) is 8.67. The second-order valence-electron chi connectivity index (χ2n) is 3.44. The average molecular weight is 218 g/mol. The van der Waals surface area contributed by atoms with Crippen molar-refractivity contribution in [2.75, 3.05) is 5.32 Å². The van der Waals surface area contributed by atoms with Crippen molar-refractivity contribution in [3.8, 4) is 0 Å². The molecule has 0 aliphatic carbocycles. The maximum Gasteiger partial charge on any atom is 0.231 e. The molecule has 0 fully saturated rings. The number of carbonyl (C=O) groups is 2. The Hall–Kier alpha value is -2.24. The van der Waals surface area contributed by atoms with Gasteiger partial charge in [0.25, 0.3) is 0 Å². The Morgan fingerprint density at radius 2 is 2.31 bits per heavy atom. The lowest BCUT2D eigenvalue weighted by molar-refractivity contribution is -0.124. The van der Waals surface area contributed by atoms with Crippen LogP contribution >= 0.6 is 0 Å². The first-order valence-electron chi connectivity index (χ1n) is 4.74. The summed E-state index contributed by atoms with van der Waals surface area (Å²) in [5, 5.41) is 10.2. The summed E-state index contributed by atoms with van der Waals surface area (Å²) >= 11 is 0. The summed E-state index contributed by atoms with van der Waals surface area (Å²) in [7, 11) is 0. The molecule has 0 aliphatic rings. The summed E-state index contributed by atoms with van der Waals surface area (Å²) in [6.45, 7) is 1.38. The van der Waals surface area contributed by atoms with Gasteiger partial charge in [0.2, 0.25) is 5.91 Å². The van der Waals surface area contributed by atoms with E-state index in [-0.39, 0.29) is 18.1 Å². The van der Waals surface area contributed by atoms with Crippen LogP contribution in [0.2, 0.25) is 0 Å². The van der Waals surface area contributed by atoms with Gasteiger partial charge in [-0.25, -0.2) is 0 Å². The second kappa shape index (κ2) is 4.09. The number of hydrogen-bond acceptors (Lipinski definition) is 4. The summed E-state index contributed by atoms with van der Waals surface area (Å²) in [6.07, 6.45) is 3.19. The molecule has 0 spiro atoms. The Balaban J connectivity index is 2.14. The fourth-order valence-corrected chi connectivity index (χ4v) is 1.33. The molecule has 0 unspecified atom stereocenters. The SMILES string of the molecule is CC(=O)CC(=O)Nc1ccn2cnnc2c1. The van der Waals surface area contributed by atoms with Crippen LogP contribution in [0.15, 0.2) is 24.7 Å². The maximum absolute atomic E-state index is 11.3. The largest absolute Gasteiger partial charge is 0.326 e.